The quantitative estimate of drug-likeness (QED) is 0.240. The number of nitrogens with zero attached hydrogens (tertiary/aromatic N) is 2. The van der Waals surface area contributed by atoms with E-state index in [0.29, 0.717) is 18.1 Å². The van der Waals surface area contributed by atoms with E-state index in [2.05, 4.69) is 28.7 Å². The fourth-order valence-corrected chi connectivity index (χ4v) is 1.45. The molecule has 0 spiro atoms. The summed E-state index contributed by atoms with van der Waals surface area (Å²) in [6.07, 6.45) is 2.19. The molecular weight excluding hydrogens is 226 g/mol. The van der Waals surface area contributed by atoms with Crippen molar-refractivity contribution in [3.8, 4) is 6.07 Å². The summed E-state index contributed by atoms with van der Waals surface area (Å²) in [7, 11) is 0. The maximum absolute atomic E-state index is 8.80. The van der Waals surface area contributed by atoms with Gasteiger partial charge in [-0.2, -0.15) is 5.26 Å². The molecule has 0 aliphatic carbocycles. The summed E-state index contributed by atoms with van der Waals surface area (Å²) in [5, 5.41) is 11.9. The zero-order valence-corrected chi connectivity index (χ0v) is 10.6. The topological polar surface area (TPSA) is 86.2 Å². The third kappa shape index (κ3) is 4.85. The van der Waals surface area contributed by atoms with Crippen LogP contribution in [0.25, 0.3) is 0 Å². The fourth-order valence-electron chi connectivity index (χ4n) is 1.45. The molecule has 1 aromatic carbocycles. The van der Waals surface area contributed by atoms with Gasteiger partial charge in [0, 0.05) is 6.54 Å². The van der Waals surface area contributed by atoms with Crippen LogP contribution in [0.5, 0.6) is 0 Å². The van der Waals surface area contributed by atoms with Gasteiger partial charge >= 0.3 is 0 Å². The molecule has 0 atom stereocenters. The van der Waals surface area contributed by atoms with Gasteiger partial charge in [-0.15, -0.1) is 0 Å². The Morgan fingerprint density at radius 3 is 3.00 bits per heavy atom. The first-order valence-corrected chi connectivity index (χ1v) is 6.04. The van der Waals surface area contributed by atoms with Crippen molar-refractivity contribution in [1.29, 1.82) is 5.26 Å². The Morgan fingerprint density at radius 1 is 1.50 bits per heavy atom. The number of hydrogen-bond acceptors (Lipinski definition) is 3. The van der Waals surface area contributed by atoms with Gasteiger partial charge in [-0.1, -0.05) is 25.5 Å². The highest BCUT2D eigenvalue weighted by Crippen LogP contribution is 2.05. The molecule has 5 nitrogen and oxygen atoms in total. The highest BCUT2D eigenvalue weighted by atomic mass is 15.3. The molecule has 0 fully saturated rings. The van der Waals surface area contributed by atoms with Crippen LogP contribution in [0, 0.1) is 11.3 Å². The number of nitrogens with one attached hydrogen (secondary N) is 2. The summed E-state index contributed by atoms with van der Waals surface area (Å²) in [4.78, 5) is 4.32. The number of benzene rings is 1. The van der Waals surface area contributed by atoms with Crippen LogP contribution < -0.4 is 16.6 Å². The lowest BCUT2D eigenvalue weighted by molar-refractivity contribution is 0.732. The number of guanidine groups is 1. The van der Waals surface area contributed by atoms with Crippen LogP contribution in [-0.2, 0) is 6.54 Å². The van der Waals surface area contributed by atoms with E-state index in [1.165, 1.54) is 0 Å². The standard InChI is InChI=1S/C13H19N5/c1-2-3-7-16-13(18-15)17-10-12-6-4-5-11(8-12)9-14/h4-6,8H,2-3,7,10,15H2,1H3,(H2,16,17,18). The summed E-state index contributed by atoms with van der Waals surface area (Å²) in [6.45, 7) is 3.47. The molecule has 0 aliphatic heterocycles. The van der Waals surface area contributed by atoms with Crippen molar-refractivity contribution in [2.45, 2.75) is 26.3 Å². The van der Waals surface area contributed by atoms with Gasteiger partial charge in [-0.25, -0.2) is 10.8 Å². The van der Waals surface area contributed by atoms with Crippen molar-refractivity contribution in [3.63, 3.8) is 0 Å². The van der Waals surface area contributed by atoms with Crippen LogP contribution in [0.3, 0.4) is 0 Å². The van der Waals surface area contributed by atoms with Gasteiger partial charge in [0.1, 0.15) is 0 Å². The molecule has 1 aromatic rings. The normalized spacial score (nSPS) is 10.8. The van der Waals surface area contributed by atoms with E-state index >= 15 is 0 Å². The van der Waals surface area contributed by atoms with Gasteiger partial charge in [-0.05, 0) is 24.1 Å². The van der Waals surface area contributed by atoms with E-state index in [4.69, 9.17) is 11.1 Å². The third-order valence-electron chi connectivity index (χ3n) is 2.44. The number of nitrogens with two attached hydrogens (primary N) is 1. The van der Waals surface area contributed by atoms with E-state index in [9.17, 15) is 0 Å². The zero-order valence-electron chi connectivity index (χ0n) is 10.6. The third-order valence-corrected chi connectivity index (χ3v) is 2.44. The Bertz CT molecular complexity index is 433. The Morgan fingerprint density at radius 2 is 2.33 bits per heavy atom. The molecule has 0 aliphatic rings. The van der Waals surface area contributed by atoms with Crippen LogP contribution in [0.15, 0.2) is 29.3 Å². The van der Waals surface area contributed by atoms with E-state index in [1.54, 1.807) is 6.07 Å². The Hall–Kier alpha value is -2.06. The van der Waals surface area contributed by atoms with Gasteiger partial charge < -0.3 is 5.32 Å². The predicted molar refractivity (Wildman–Crippen MR) is 72.5 cm³/mol. The molecule has 4 N–H and O–H groups in total. The number of nitriles is 1. The molecule has 0 amide bonds. The minimum Gasteiger partial charge on any atom is -0.355 e. The van der Waals surface area contributed by atoms with Crippen molar-refractivity contribution < 1.29 is 0 Å². The molecular formula is C13H19N5. The number of aliphatic imine (C=N–C) groups is 1. The Balaban J connectivity index is 2.56. The molecule has 18 heavy (non-hydrogen) atoms. The van der Waals surface area contributed by atoms with Gasteiger partial charge in [0.25, 0.3) is 0 Å². The lowest BCUT2D eigenvalue weighted by Crippen LogP contribution is -2.41. The molecule has 0 radical (unpaired) electrons. The van der Waals surface area contributed by atoms with Crippen LogP contribution >= 0.6 is 0 Å². The van der Waals surface area contributed by atoms with Gasteiger partial charge in [0.2, 0.25) is 5.96 Å². The van der Waals surface area contributed by atoms with Crippen molar-refractivity contribution in [2.75, 3.05) is 6.54 Å². The Kier molecular flexibility index (Phi) is 6.30. The summed E-state index contributed by atoms with van der Waals surface area (Å²) < 4.78 is 0. The zero-order chi connectivity index (χ0) is 13.2. The summed E-state index contributed by atoms with van der Waals surface area (Å²) in [5.74, 6) is 5.95. The van der Waals surface area contributed by atoms with Crippen molar-refractivity contribution in [3.05, 3.63) is 35.4 Å². The van der Waals surface area contributed by atoms with Crippen LogP contribution in [0.2, 0.25) is 0 Å². The number of hydrazine groups is 1. The van der Waals surface area contributed by atoms with Crippen LogP contribution in [0.4, 0.5) is 0 Å². The van der Waals surface area contributed by atoms with Crippen molar-refractivity contribution >= 4 is 5.96 Å². The second-order valence-corrected chi connectivity index (χ2v) is 3.90. The second kappa shape index (κ2) is 8.09. The van der Waals surface area contributed by atoms with Crippen LogP contribution in [-0.4, -0.2) is 12.5 Å². The van der Waals surface area contributed by atoms with E-state index in [-0.39, 0.29) is 0 Å². The van der Waals surface area contributed by atoms with E-state index in [0.717, 1.165) is 24.9 Å². The van der Waals surface area contributed by atoms with Gasteiger partial charge in [0.15, 0.2) is 0 Å². The van der Waals surface area contributed by atoms with E-state index in [1.807, 2.05) is 18.2 Å². The summed E-state index contributed by atoms with van der Waals surface area (Å²) in [6, 6.07) is 9.49. The number of rotatable bonds is 5. The number of unbranched alkanes of at least 4 members (excludes halogenated alkanes) is 1. The fraction of sp³-hybridized carbons (Fsp3) is 0.385. The lowest BCUT2D eigenvalue weighted by Gasteiger charge is -2.08. The molecule has 0 saturated heterocycles. The lowest BCUT2D eigenvalue weighted by atomic mass is 10.1. The van der Waals surface area contributed by atoms with E-state index < -0.39 is 0 Å². The minimum absolute atomic E-state index is 0.494. The van der Waals surface area contributed by atoms with Crippen molar-refractivity contribution in [1.82, 2.24) is 10.7 Å². The maximum Gasteiger partial charge on any atom is 0.206 e. The van der Waals surface area contributed by atoms with Gasteiger partial charge in [-0.3, -0.25) is 5.43 Å². The monoisotopic (exact) mass is 245 g/mol. The smallest absolute Gasteiger partial charge is 0.206 e. The minimum atomic E-state index is 0.494. The highest BCUT2D eigenvalue weighted by molar-refractivity contribution is 5.79. The highest BCUT2D eigenvalue weighted by Gasteiger charge is 1.97. The molecule has 0 aromatic heterocycles. The first kappa shape index (κ1) is 14.0. The first-order chi connectivity index (χ1) is 8.80. The number of hydrogen-bond donors (Lipinski definition) is 3. The largest absolute Gasteiger partial charge is 0.355 e. The molecule has 96 valence electrons. The molecule has 0 saturated carbocycles. The van der Waals surface area contributed by atoms with Crippen LogP contribution in [0.1, 0.15) is 30.9 Å². The van der Waals surface area contributed by atoms with Crippen molar-refractivity contribution in [2.24, 2.45) is 10.8 Å². The molecule has 0 heterocycles. The maximum atomic E-state index is 8.80. The summed E-state index contributed by atoms with van der Waals surface area (Å²) >= 11 is 0. The predicted octanol–water partition coefficient (Wildman–Crippen LogP) is 1.27. The second-order valence-electron chi connectivity index (χ2n) is 3.90. The molecule has 0 unspecified atom stereocenters. The molecule has 1 rings (SSSR count). The Labute approximate surface area is 108 Å². The summed E-state index contributed by atoms with van der Waals surface area (Å²) in [5.41, 5.74) is 4.16. The average molecular weight is 245 g/mol. The van der Waals surface area contributed by atoms with Gasteiger partial charge in [0.05, 0.1) is 18.2 Å². The first-order valence-electron chi connectivity index (χ1n) is 6.04. The average Bonchev–Trinajstić information content (AvgIpc) is 2.43. The SMILES string of the molecule is CCCCNC(=NCc1cccc(C#N)c1)NN. The molecule has 5 heteroatoms. The molecule has 0 bridgehead atoms.